The SMILES string of the molecule is O=S(=O)(c1ccc(Cl)c(N2CCCC2)c1)C(F)(F)F. The van der Waals surface area contributed by atoms with Gasteiger partial charge in [-0.1, -0.05) is 11.6 Å². The molecule has 0 spiro atoms. The monoisotopic (exact) mass is 313 g/mol. The van der Waals surface area contributed by atoms with Crippen molar-refractivity contribution < 1.29 is 21.6 Å². The summed E-state index contributed by atoms with van der Waals surface area (Å²) >= 11 is 5.92. The molecule has 0 aliphatic carbocycles. The van der Waals surface area contributed by atoms with Crippen LogP contribution in [0.2, 0.25) is 5.02 Å². The summed E-state index contributed by atoms with van der Waals surface area (Å²) in [4.78, 5) is 1.02. The molecule has 8 heteroatoms. The highest BCUT2D eigenvalue weighted by molar-refractivity contribution is 7.92. The molecule has 3 nitrogen and oxygen atoms in total. The lowest BCUT2D eigenvalue weighted by atomic mass is 10.3. The van der Waals surface area contributed by atoms with Gasteiger partial charge < -0.3 is 4.90 Å². The number of alkyl halides is 3. The van der Waals surface area contributed by atoms with E-state index in [1.807, 2.05) is 0 Å². The fraction of sp³-hybridized carbons (Fsp3) is 0.455. The Balaban J connectivity index is 2.47. The van der Waals surface area contributed by atoms with Gasteiger partial charge in [0, 0.05) is 13.1 Å². The molecule has 1 fully saturated rings. The van der Waals surface area contributed by atoms with Crippen molar-refractivity contribution in [3.8, 4) is 0 Å². The van der Waals surface area contributed by atoms with E-state index in [9.17, 15) is 21.6 Å². The summed E-state index contributed by atoms with van der Waals surface area (Å²) in [5.74, 6) is 0. The Bertz CT molecular complexity index is 580. The second-order valence-electron chi connectivity index (χ2n) is 4.26. The summed E-state index contributed by atoms with van der Waals surface area (Å²) in [7, 11) is -5.33. The molecule has 1 saturated heterocycles. The third-order valence-electron chi connectivity index (χ3n) is 2.98. The normalized spacial score (nSPS) is 16.9. The predicted molar refractivity (Wildman–Crippen MR) is 66.1 cm³/mol. The third-order valence-corrected chi connectivity index (χ3v) is 4.78. The van der Waals surface area contributed by atoms with E-state index >= 15 is 0 Å². The zero-order valence-electron chi connectivity index (χ0n) is 9.74. The second-order valence-corrected chi connectivity index (χ2v) is 6.60. The highest BCUT2D eigenvalue weighted by Crippen LogP contribution is 2.35. The lowest BCUT2D eigenvalue weighted by Crippen LogP contribution is -2.24. The number of rotatable bonds is 2. The first-order chi connectivity index (χ1) is 8.73. The molecule has 1 aromatic rings. The van der Waals surface area contributed by atoms with E-state index in [2.05, 4.69) is 0 Å². The summed E-state index contributed by atoms with van der Waals surface area (Å²) in [6.07, 6.45) is 1.82. The zero-order chi connectivity index (χ0) is 14.3. The predicted octanol–water partition coefficient (Wildman–Crippen LogP) is 3.23. The Morgan fingerprint density at radius 3 is 2.26 bits per heavy atom. The minimum Gasteiger partial charge on any atom is -0.370 e. The summed E-state index contributed by atoms with van der Waals surface area (Å²) < 4.78 is 60.2. The largest absolute Gasteiger partial charge is 0.501 e. The van der Waals surface area contributed by atoms with Crippen LogP contribution in [-0.2, 0) is 9.84 Å². The first kappa shape index (κ1) is 14.5. The molecule has 0 N–H and O–H groups in total. The third kappa shape index (κ3) is 2.67. The maximum atomic E-state index is 12.5. The van der Waals surface area contributed by atoms with Gasteiger partial charge in [-0.05, 0) is 31.0 Å². The van der Waals surface area contributed by atoms with Gasteiger partial charge in [-0.3, -0.25) is 0 Å². The quantitative estimate of drug-likeness (QED) is 0.841. The highest BCUT2D eigenvalue weighted by Gasteiger charge is 2.47. The van der Waals surface area contributed by atoms with E-state index in [1.54, 1.807) is 4.90 Å². The van der Waals surface area contributed by atoms with E-state index < -0.39 is 20.2 Å². The number of halogens is 4. The van der Waals surface area contributed by atoms with Gasteiger partial charge in [0.15, 0.2) is 0 Å². The van der Waals surface area contributed by atoms with Crippen molar-refractivity contribution in [1.29, 1.82) is 0 Å². The Labute approximate surface area is 113 Å². The van der Waals surface area contributed by atoms with Gasteiger partial charge in [0.2, 0.25) is 0 Å². The van der Waals surface area contributed by atoms with Gasteiger partial charge in [0.25, 0.3) is 9.84 Å². The minimum atomic E-state index is -5.33. The van der Waals surface area contributed by atoms with Gasteiger partial charge in [0.1, 0.15) is 0 Å². The first-order valence-electron chi connectivity index (χ1n) is 5.59. The summed E-state index contributed by atoms with van der Waals surface area (Å²) in [6.45, 7) is 1.32. The minimum absolute atomic E-state index is 0.253. The van der Waals surface area contributed by atoms with E-state index in [4.69, 9.17) is 11.6 Å². The molecule has 1 aromatic carbocycles. The van der Waals surface area contributed by atoms with Crippen LogP contribution in [0, 0.1) is 0 Å². The molecule has 0 saturated carbocycles. The molecule has 0 bridgehead atoms. The molecule has 0 amide bonds. The Morgan fingerprint density at radius 2 is 1.74 bits per heavy atom. The number of sulfone groups is 1. The highest BCUT2D eigenvalue weighted by atomic mass is 35.5. The average molecular weight is 314 g/mol. The Hall–Kier alpha value is -0.950. The van der Waals surface area contributed by atoms with Crippen molar-refractivity contribution in [3.05, 3.63) is 23.2 Å². The van der Waals surface area contributed by atoms with Gasteiger partial charge in [-0.25, -0.2) is 8.42 Å². The summed E-state index contributed by atoms with van der Waals surface area (Å²) in [5, 5.41) is 0.253. The summed E-state index contributed by atoms with van der Waals surface area (Å²) in [6, 6.07) is 3.06. The van der Waals surface area contributed by atoms with Gasteiger partial charge in [0.05, 0.1) is 15.6 Å². The molecule has 2 rings (SSSR count). The van der Waals surface area contributed by atoms with Crippen LogP contribution in [0.4, 0.5) is 18.9 Å². The Morgan fingerprint density at radius 1 is 1.16 bits per heavy atom. The van der Waals surface area contributed by atoms with Crippen LogP contribution in [-0.4, -0.2) is 27.0 Å². The Kier molecular flexibility index (Phi) is 3.70. The van der Waals surface area contributed by atoms with Crippen molar-refractivity contribution in [2.45, 2.75) is 23.2 Å². The van der Waals surface area contributed by atoms with Crippen molar-refractivity contribution in [1.82, 2.24) is 0 Å². The molecule has 0 radical (unpaired) electrons. The van der Waals surface area contributed by atoms with Crippen LogP contribution >= 0.6 is 11.6 Å². The van der Waals surface area contributed by atoms with E-state index in [0.29, 0.717) is 18.8 Å². The van der Waals surface area contributed by atoms with Gasteiger partial charge in [-0.2, -0.15) is 13.2 Å². The molecule has 106 valence electrons. The van der Waals surface area contributed by atoms with Crippen LogP contribution in [0.3, 0.4) is 0 Å². The summed E-state index contributed by atoms with van der Waals surface area (Å²) in [5.41, 5.74) is -4.96. The number of nitrogens with zero attached hydrogens (tertiary/aromatic N) is 1. The molecule has 0 atom stereocenters. The lowest BCUT2D eigenvalue weighted by Gasteiger charge is -2.20. The molecule has 1 aliphatic rings. The lowest BCUT2D eigenvalue weighted by molar-refractivity contribution is -0.0435. The van der Waals surface area contributed by atoms with E-state index in [-0.39, 0.29) is 5.02 Å². The van der Waals surface area contributed by atoms with Gasteiger partial charge >= 0.3 is 5.51 Å². The molecule has 0 aromatic heterocycles. The molecule has 1 heterocycles. The fourth-order valence-corrected chi connectivity index (χ4v) is 3.01. The molecular formula is C11H11ClF3NO2S. The van der Waals surface area contributed by atoms with E-state index in [0.717, 1.165) is 25.0 Å². The topological polar surface area (TPSA) is 37.4 Å². The van der Waals surface area contributed by atoms with Crippen LogP contribution < -0.4 is 4.90 Å². The smallest absolute Gasteiger partial charge is 0.370 e. The zero-order valence-corrected chi connectivity index (χ0v) is 11.3. The van der Waals surface area contributed by atoms with Crippen molar-refractivity contribution >= 4 is 27.1 Å². The fourth-order valence-electron chi connectivity index (χ4n) is 1.99. The maximum absolute atomic E-state index is 12.5. The van der Waals surface area contributed by atoms with Crippen molar-refractivity contribution in [2.75, 3.05) is 18.0 Å². The standard InChI is InChI=1S/C11H11ClF3NO2S/c12-9-4-3-8(19(17,18)11(13,14)15)7-10(9)16-5-1-2-6-16/h3-4,7H,1-2,5-6H2. The maximum Gasteiger partial charge on any atom is 0.501 e. The van der Waals surface area contributed by atoms with Crippen molar-refractivity contribution in [2.24, 2.45) is 0 Å². The van der Waals surface area contributed by atoms with Crippen LogP contribution in [0.1, 0.15) is 12.8 Å². The first-order valence-corrected chi connectivity index (χ1v) is 7.45. The van der Waals surface area contributed by atoms with Crippen LogP contribution in [0.5, 0.6) is 0 Å². The van der Waals surface area contributed by atoms with Crippen molar-refractivity contribution in [3.63, 3.8) is 0 Å². The molecule has 19 heavy (non-hydrogen) atoms. The number of hydrogen-bond acceptors (Lipinski definition) is 3. The molecule has 1 aliphatic heterocycles. The number of benzene rings is 1. The molecular weight excluding hydrogens is 303 g/mol. The number of hydrogen-bond donors (Lipinski definition) is 0. The number of anilines is 1. The van der Waals surface area contributed by atoms with E-state index in [1.165, 1.54) is 6.07 Å². The average Bonchev–Trinajstić information content (AvgIpc) is 2.81. The van der Waals surface area contributed by atoms with Gasteiger partial charge in [-0.15, -0.1) is 0 Å². The van der Waals surface area contributed by atoms with Crippen LogP contribution in [0.15, 0.2) is 23.1 Å². The molecule has 0 unspecified atom stereocenters. The van der Waals surface area contributed by atoms with Crippen LogP contribution in [0.25, 0.3) is 0 Å². The second kappa shape index (κ2) is 4.86.